The van der Waals surface area contributed by atoms with Gasteiger partial charge < -0.3 is 9.11 Å². The summed E-state index contributed by atoms with van der Waals surface area (Å²) >= 11 is 0. The maximum Gasteiger partial charge on any atom is 0.214 e. The van der Waals surface area contributed by atoms with E-state index in [2.05, 4.69) is 0 Å². The number of rotatable bonds is 6. The number of allylic oxidation sites excluding steroid dienone is 1. The van der Waals surface area contributed by atoms with E-state index in [1.54, 1.807) is 10.6 Å². The van der Waals surface area contributed by atoms with Crippen LogP contribution in [0.25, 0.3) is 27.9 Å². The van der Waals surface area contributed by atoms with Crippen molar-refractivity contribution in [2.24, 2.45) is 0 Å². The highest BCUT2D eigenvalue weighted by Crippen LogP contribution is 2.29. The molecule has 3 rings (SSSR count). The van der Waals surface area contributed by atoms with Gasteiger partial charge >= 0.3 is 0 Å². The maximum atomic E-state index is 11.6. The number of pyridine rings is 1. The van der Waals surface area contributed by atoms with Crippen molar-refractivity contribution < 1.29 is 30.5 Å². The molecule has 9 heteroatoms. The lowest BCUT2D eigenvalue weighted by Gasteiger charge is -2.14. The van der Waals surface area contributed by atoms with Crippen molar-refractivity contribution in [3.8, 4) is 0 Å². The van der Waals surface area contributed by atoms with Gasteiger partial charge in [-0.1, -0.05) is 17.7 Å². The molecular formula is C21H22NO6S2-. The van der Waals surface area contributed by atoms with Crippen molar-refractivity contribution >= 4 is 48.1 Å². The van der Waals surface area contributed by atoms with Gasteiger partial charge in [0, 0.05) is 29.9 Å². The Kier molecular flexibility index (Phi) is 6.01. The zero-order valence-electron chi connectivity index (χ0n) is 16.9. The lowest BCUT2D eigenvalue weighted by atomic mass is 9.99. The van der Waals surface area contributed by atoms with Crippen LogP contribution in [0.5, 0.6) is 0 Å². The number of benzene rings is 2. The van der Waals surface area contributed by atoms with Crippen LogP contribution in [0.3, 0.4) is 0 Å². The second kappa shape index (κ2) is 8.07. The van der Waals surface area contributed by atoms with Gasteiger partial charge in [-0.25, -0.2) is 16.8 Å². The standard InChI is InChI=1S/C21H23NO6S2/c1-14(2)11-19-17-7-5-15(3)12-20(17)22(9-4-10-29(23,24)25)21-13-16(30(26,27)28)6-8-18(19)21/h5-8,11-13H,4,9-10H2,1-3H3,(H-,23,24,25,26,27,28)/p-1. The lowest BCUT2D eigenvalue weighted by molar-refractivity contribution is -0.645. The van der Waals surface area contributed by atoms with Gasteiger partial charge in [0.1, 0.15) is 10.1 Å². The van der Waals surface area contributed by atoms with Crippen LogP contribution < -0.4 is 4.57 Å². The molecule has 0 fully saturated rings. The molecule has 0 aliphatic rings. The molecular weight excluding hydrogens is 426 g/mol. The van der Waals surface area contributed by atoms with Crippen molar-refractivity contribution in [3.05, 3.63) is 53.1 Å². The first-order valence-corrected chi connectivity index (χ1v) is 12.3. The number of hydrogen-bond acceptors (Lipinski definition) is 6. The lowest BCUT2D eigenvalue weighted by Crippen LogP contribution is -2.37. The normalized spacial score (nSPS) is 12.4. The Balaban J connectivity index is 2.43. The Morgan fingerprint density at radius 1 is 0.967 bits per heavy atom. The highest BCUT2D eigenvalue weighted by Gasteiger charge is 2.21. The molecule has 2 aromatic carbocycles. The summed E-state index contributed by atoms with van der Waals surface area (Å²) in [5.41, 5.74) is 4.12. The topological polar surface area (TPSA) is 118 Å². The minimum Gasteiger partial charge on any atom is -0.748 e. The third kappa shape index (κ3) is 4.86. The molecule has 0 saturated carbocycles. The molecule has 0 atom stereocenters. The largest absolute Gasteiger partial charge is 0.748 e. The second-order valence-electron chi connectivity index (χ2n) is 7.56. The van der Waals surface area contributed by atoms with Gasteiger partial charge in [-0.15, -0.1) is 0 Å². The van der Waals surface area contributed by atoms with Crippen molar-refractivity contribution in [1.29, 1.82) is 0 Å². The van der Waals surface area contributed by atoms with Crippen LogP contribution in [-0.4, -0.2) is 31.7 Å². The molecule has 160 valence electrons. The molecule has 0 aliphatic heterocycles. The molecule has 1 aromatic heterocycles. The summed E-state index contributed by atoms with van der Waals surface area (Å²) in [5.74, 6) is -0.538. The molecule has 0 spiro atoms. The minimum atomic E-state index is -4.68. The van der Waals surface area contributed by atoms with E-state index in [-0.39, 0.29) is 17.9 Å². The summed E-state index contributed by atoms with van der Waals surface area (Å²) in [6.07, 6.45) is 2.04. The van der Waals surface area contributed by atoms with Crippen molar-refractivity contribution in [1.82, 2.24) is 0 Å². The smallest absolute Gasteiger partial charge is 0.214 e. The van der Waals surface area contributed by atoms with Crippen LogP contribution in [0.2, 0.25) is 0 Å². The summed E-state index contributed by atoms with van der Waals surface area (Å²) in [6.45, 7) is 5.98. The monoisotopic (exact) mass is 448 g/mol. The quantitative estimate of drug-likeness (QED) is 0.325. The summed E-state index contributed by atoms with van der Waals surface area (Å²) in [5, 5.41) is 1.63. The molecule has 3 aromatic rings. The average molecular weight is 449 g/mol. The first-order valence-electron chi connectivity index (χ1n) is 9.31. The van der Waals surface area contributed by atoms with Crippen LogP contribution in [0.1, 0.15) is 31.4 Å². The predicted octanol–water partition coefficient (Wildman–Crippen LogP) is 2.85. The molecule has 30 heavy (non-hydrogen) atoms. The van der Waals surface area contributed by atoms with Gasteiger partial charge in [-0.2, -0.15) is 4.57 Å². The molecule has 1 heterocycles. The zero-order chi connectivity index (χ0) is 22.3. The number of nitrogens with zero attached hydrogens (tertiary/aromatic N) is 1. The van der Waals surface area contributed by atoms with Gasteiger partial charge in [-0.3, -0.25) is 0 Å². The highest BCUT2D eigenvalue weighted by atomic mass is 32.2. The fraction of sp³-hybridized carbons (Fsp3) is 0.286. The number of hydrogen-bond donors (Lipinski definition) is 0. The Morgan fingerprint density at radius 2 is 1.57 bits per heavy atom. The van der Waals surface area contributed by atoms with Gasteiger partial charge in [0.15, 0.2) is 6.54 Å². The van der Waals surface area contributed by atoms with E-state index in [4.69, 9.17) is 0 Å². The molecule has 0 N–H and O–H groups in total. The van der Waals surface area contributed by atoms with Crippen molar-refractivity contribution in [2.45, 2.75) is 38.6 Å². The Labute approximate surface area is 176 Å². The van der Waals surface area contributed by atoms with E-state index in [1.807, 2.05) is 45.0 Å². The molecule has 7 nitrogen and oxygen atoms in total. The number of fused-ring (bicyclic) bond motifs is 2. The molecule has 0 bridgehead atoms. The average Bonchev–Trinajstić information content (AvgIpc) is 2.61. The maximum absolute atomic E-state index is 11.6. The number of aromatic nitrogens is 1. The van der Waals surface area contributed by atoms with Gasteiger partial charge in [0.2, 0.25) is 11.0 Å². The first-order chi connectivity index (χ1) is 13.9. The molecule has 0 radical (unpaired) electrons. The summed E-state index contributed by atoms with van der Waals surface area (Å²) in [6, 6.07) is 10.0. The van der Waals surface area contributed by atoms with E-state index in [0.717, 1.165) is 33.0 Å². The third-order valence-electron chi connectivity index (χ3n) is 4.78. The van der Waals surface area contributed by atoms with Crippen molar-refractivity contribution in [2.75, 3.05) is 5.75 Å². The molecule has 0 saturated heterocycles. The van der Waals surface area contributed by atoms with Crippen LogP contribution in [-0.2, 0) is 26.8 Å². The summed E-state index contributed by atoms with van der Waals surface area (Å²) in [7, 11) is -9.06. The second-order valence-corrected chi connectivity index (χ2v) is 10.5. The fourth-order valence-corrected chi connectivity index (χ4v) is 4.54. The van der Waals surface area contributed by atoms with E-state index in [9.17, 15) is 25.9 Å². The summed E-state index contributed by atoms with van der Waals surface area (Å²) in [4.78, 5) is -0.365. The van der Waals surface area contributed by atoms with E-state index < -0.39 is 26.0 Å². The van der Waals surface area contributed by atoms with Crippen LogP contribution in [0.15, 0.2) is 46.9 Å². The van der Waals surface area contributed by atoms with Gasteiger partial charge in [0.05, 0.1) is 25.8 Å². The summed E-state index contributed by atoms with van der Waals surface area (Å²) < 4.78 is 69.8. The zero-order valence-corrected chi connectivity index (χ0v) is 18.5. The molecule has 0 unspecified atom stereocenters. The Hall–Kier alpha value is -2.33. The van der Waals surface area contributed by atoms with E-state index >= 15 is 0 Å². The molecule has 0 aliphatic carbocycles. The van der Waals surface area contributed by atoms with E-state index in [0.29, 0.717) is 5.52 Å². The van der Waals surface area contributed by atoms with E-state index in [1.165, 1.54) is 12.1 Å². The first kappa shape index (κ1) is 22.4. The van der Waals surface area contributed by atoms with Crippen LogP contribution in [0.4, 0.5) is 0 Å². The van der Waals surface area contributed by atoms with Crippen LogP contribution in [0, 0.1) is 6.92 Å². The Morgan fingerprint density at radius 3 is 2.13 bits per heavy atom. The van der Waals surface area contributed by atoms with Crippen LogP contribution >= 0.6 is 0 Å². The molecule has 0 amide bonds. The van der Waals surface area contributed by atoms with Crippen molar-refractivity contribution in [3.63, 3.8) is 0 Å². The minimum absolute atomic E-state index is 0.0605. The highest BCUT2D eigenvalue weighted by molar-refractivity contribution is 7.86. The third-order valence-corrected chi connectivity index (χ3v) is 6.40. The SMILES string of the molecule is CC(C)=Cc1c2ccc(C)cc2[n+](CCCS(=O)(=O)[O-])c2cc(S(=O)(=O)[O-])ccc12. The van der Waals surface area contributed by atoms with Gasteiger partial charge in [-0.05, 0) is 44.5 Å². The van der Waals surface area contributed by atoms with Gasteiger partial charge in [0.25, 0.3) is 0 Å². The Bertz CT molecular complexity index is 1390. The number of aryl methyl sites for hydroxylation is 2. The predicted molar refractivity (Wildman–Crippen MR) is 113 cm³/mol. The fourth-order valence-electron chi connectivity index (χ4n) is 3.57.